The van der Waals surface area contributed by atoms with Gasteiger partial charge < -0.3 is 0 Å². The van der Waals surface area contributed by atoms with Gasteiger partial charge in [0.05, 0.1) is 0 Å². The summed E-state index contributed by atoms with van der Waals surface area (Å²) in [6.45, 7) is 3.09. The van der Waals surface area contributed by atoms with Crippen molar-refractivity contribution in [2.24, 2.45) is 0 Å². The van der Waals surface area contributed by atoms with Crippen LogP contribution in [0.25, 0.3) is 0 Å². The van der Waals surface area contributed by atoms with Crippen LogP contribution in [-0.4, -0.2) is 18.2 Å². The Labute approximate surface area is 113 Å². The highest BCUT2D eigenvalue weighted by Gasteiger charge is 2.42. The molecule has 1 aromatic rings. The first-order valence-electron chi connectivity index (χ1n) is 5.52. The van der Waals surface area contributed by atoms with E-state index in [2.05, 4.69) is 0 Å². The van der Waals surface area contributed by atoms with Crippen molar-refractivity contribution in [2.75, 3.05) is 6.26 Å². The minimum Gasteiger partial charge on any atom is -0.290 e. The van der Waals surface area contributed by atoms with E-state index in [4.69, 9.17) is 0 Å². The number of alkyl halides is 3. The molecule has 19 heavy (non-hydrogen) atoms. The third kappa shape index (κ3) is 3.96. The second-order valence-electron chi connectivity index (χ2n) is 4.83. The van der Waals surface area contributed by atoms with E-state index in [1.165, 1.54) is 30.0 Å². The van der Waals surface area contributed by atoms with Crippen LogP contribution in [0.1, 0.15) is 25.8 Å². The number of carbonyl (C=O) groups is 1. The molecule has 0 aliphatic carbocycles. The zero-order valence-electron chi connectivity index (χ0n) is 10.8. The van der Waals surface area contributed by atoms with Gasteiger partial charge in [-0.15, -0.1) is 11.8 Å². The maximum atomic E-state index is 13.1. The molecular weight excluding hydrogens is 280 g/mol. The van der Waals surface area contributed by atoms with E-state index < -0.39 is 29.6 Å². The van der Waals surface area contributed by atoms with Crippen LogP contribution in [0.5, 0.6) is 0 Å². The normalized spacial score (nSPS) is 12.6. The molecule has 0 N–H and O–H groups in total. The summed E-state index contributed by atoms with van der Waals surface area (Å²) >= 11 is 1.24. The van der Waals surface area contributed by atoms with Crippen molar-refractivity contribution in [2.45, 2.75) is 36.8 Å². The van der Waals surface area contributed by atoms with Crippen molar-refractivity contribution in [3.05, 3.63) is 29.6 Å². The molecule has 0 spiro atoms. The highest BCUT2D eigenvalue weighted by Crippen LogP contribution is 2.36. The van der Waals surface area contributed by atoms with Crippen molar-refractivity contribution in [3.63, 3.8) is 0 Å². The molecule has 0 amide bonds. The van der Waals surface area contributed by atoms with Crippen LogP contribution in [0, 0.1) is 5.82 Å². The third-order valence-electron chi connectivity index (χ3n) is 2.81. The molecule has 0 saturated carbocycles. The Morgan fingerprint density at radius 1 is 1.26 bits per heavy atom. The van der Waals surface area contributed by atoms with Gasteiger partial charge in [-0.25, -0.2) is 4.39 Å². The van der Waals surface area contributed by atoms with Crippen LogP contribution in [0.15, 0.2) is 23.1 Å². The number of carbonyl (C=O) groups excluding carboxylic acids is 1. The molecule has 0 radical (unpaired) electrons. The first kappa shape index (κ1) is 16.0. The average molecular weight is 294 g/mol. The molecule has 0 aliphatic heterocycles. The predicted molar refractivity (Wildman–Crippen MR) is 66.9 cm³/mol. The van der Waals surface area contributed by atoms with Crippen LogP contribution < -0.4 is 0 Å². The average Bonchev–Trinajstić information content (AvgIpc) is 2.26. The molecule has 0 bridgehead atoms. The number of hydrogen-bond acceptors (Lipinski definition) is 2. The lowest BCUT2D eigenvalue weighted by atomic mass is 9.80. The van der Waals surface area contributed by atoms with Gasteiger partial charge in [0.25, 0.3) is 0 Å². The van der Waals surface area contributed by atoms with Crippen LogP contribution in [0.4, 0.5) is 17.6 Å². The summed E-state index contributed by atoms with van der Waals surface area (Å²) in [7, 11) is 0. The molecule has 106 valence electrons. The van der Waals surface area contributed by atoms with Gasteiger partial charge in [0.15, 0.2) is 0 Å². The van der Waals surface area contributed by atoms with Gasteiger partial charge >= 0.3 is 6.18 Å². The Kier molecular flexibility index (Phi) is 4.66. The summed E-state index contributed by atoms with van der Waals surface area (Å²) in [5, 5.41) is 0. The van der Waals surface area contributed by atoms with Crippen LogP contribution >= 0.6 is 11.8 Å². The maximum Gasteiger partial charge on any atom is 0.450 e. The second kappa shape index (κ2) is 5.53. The van der Waals surface area contributed by atoms with Gasteiger partial charge in [-0.1, -0.05) is 19.9 Å². The van der Waals surface area contributed by atoms with Crippen molar-refractivity contribution < 1.29 is 22.4 Å². The largest absolute Gasteiger partial charge is 0.450 e. The lowest BCUT2D eigenvalue weighted by Crippen LogP contribution is -2.31. The molecule has 0 unspecified atom stereocenters. The second-order valence-corrected chi connectivity index (χ2v) is 5.67. The van der Waals surface area contributed by atoms with Crippen molar-refractivity contribution in [3.8, 4) is 0 Å². The molecule has 6 heteroatoms. The summed E-state index contributed by atoms with van der Waals surface area (Å²) < 4.78 is 50.1. The Balaban J connectivity index is 3.10. The molecule has 0 heterocycles. The molecule has 0 atom stereocenters. The zero-order chi connectivity index (χ0) is 14.8. The molecule has 1 rings (SSSR count). The van der Waals surface area contributed by atoms with E-state index in [0.29, 0.717) is 10.5 Å². The number of ketones is 1. The van der Waals surface area contributed by atoms with E-state index in [9.17, 15) is 22.4 Å². The number of hydrogen-bond donors (Lipinski definition) is 0. The van der Waals surface area contributed by atoms with E-state index in [1.54, 1.807) is 20.1 Å². The van der Waals surface area contributed by atoms with E-state index in [0.717, 1.165) is 0 Å². The molecular formula is C13H14F4OS. The van der Waals surface area contributed by atoms with Crippen molar-refractivity contribution >= 4 is 17.5 Å². The molecule has 0 fully saturated rings. The smallest absolute Gasteiger partial charge is 0.290 e. The van der Waals surface area contributed by atoms with Gasteiger partial charge in [-0.2, -0.15) is 13.2 Å². The van der Waals surface area contributed by atoms with Gasteiger partial charge in [0.2, 0.25) is 5.78 Å². The topological polar surface area (TPSA) is 17.1 Å². The van der Waals surface area contributed by atoms with Crippen LogP contribution in [-0.2, 0) is 10.2 Å². The summed E-state index contributed by atoms with van der Waals surface area (Å²) in [6.07, 6.45) is -3.79. The number of thioether (sulfide) groups is 1. The molecule has 1 aromatic carbocycles. The summed E-state index contributed by atoms with van der Waals surface area (Å²) in [5.74, 6) is -2.22. The quantitative estimate of drug-likeness (QED) is 0.606. The Morgan fingerprint density at radius 2 is 1.84 bits per heavy atom. The minimum atomic E-state index is -4.84. The fraction of sp³-hybridized carbons (Fsp3) is 0.462. The highest BCUT2D eigenvalue weighted by molar-refractivity contribution is 7.98. The van der Waals surface area contributed by atoms with Gasteiger partial charge in [-0.3, -0.25) is 4.79 Å². The summed E-state index contributed by atoms with van der Waals surface area (Å²) in [4.78, 5) is 11.7. The first-order valence-corrected chi connectivity index (χ1v) is 6.74. The number of benzene rings is 1. The van der Waals surface area contributed by atoms with Crippen LogP contribution in [0.2, 0.25) is 0 Å². The Hall–Kier alpha value is -1.04. The lowest BCUT2D eigenvalue weighted by Gasteiger charge is -2.27. The fourth-order valence-corrected chi connectivity index (χ4v) is 2.62. The zero-order valence-corrected chi connectivity index (χ0v) is 11.6. The molecule has 0 aliphatic rings. The summed E-state index contributed by atoms with van der Waals surface area (Å²) in [5.41, 5.74) is -0.461. The number of halogens is 4. The van der Waals surface area contributed by atoms with Gasteiger partial charge in [0, 0.05) is 11.3 Å². The van der Waals surface area contributed by atoms with Crippen molar-refractivity contribution in [1.82, 2.24) is 0 Å². The number of rotatable bonds is 4. The molecule has 0 saturated heterocycles. The Bertz CT molecular complexity index is 480. The van der Waals surface area contributed by atoms with E-state index >= 15 is 0 Å². The van der Waals surface area contributed by atoms with E-state index in [1.807, 2.05) is 0 Å². The Morgan fingerprint density at radius 3 is 2.32 bits per heavy atom. The lowest BCUT2D eigenvalue weighted by molar-refractivity contribution is -0.172. The number of Topliss-reactive ketones (excluding diaryl/α,β-unsaturated/α-hetero) is 1. The third-order valence-corrected chi connectivity index (χ3v) is 3.59. The molecule has 1 nitrogen and oxygen atoms in total. The predicted octanol–water partition coefficient (Wildman–Crippen LogP) is 4.35. The van der Waals surface area contributed by atoms with Crippen molar-refractivity contribution in [1.29, 1.82) is 0 Å². The maximum absolute atomic E-state index is 13.1. The monoisotopic (exact) mass is 294 g/mol. The first-order chi connectivity index (χ1) is 8.58. The van der Waals surface area contributed by atoms with E-state index in [-0.39, 0.29) is 0 Å². The van der Waals surface area contributed by atoms with Gasteiger partial charge in [0.1, 0.15) is 5.82 Å². The fourth-order valence-electron chi connectivity index (χ4n) is 1.82. The SMILES string of the molecule is CSc1cc(F)ccc1C(C)(C)CC(=O)C(F)(F)F. The minimum absolute atomic E-state index is 0.453. The molecule has 0 aromatic heterocycles. The highest BCUT2D eigenvalue weighted by atomic mass is 32.2. The summed E-state index contributed by atoms with van der Waals surface area (Å²) in [6, 6.07) is 3.89. The van der Waals surface area contributed by atoms with Crippen LogP contribution in [0.3, 0.4) is 0 Å². The van der Waals surface area contributed by atoms with Gasteiger partial charge in [-0.05, 0) is 29.4 Å². The standard InChI is InChI=1S/C13H14F4OS/c1-12(2,7-11(18)13(15,16)17)9-5-4-8(14)6-10(9)19-3/h4-6H,7H2,1-3H3.